The van der Waals surface area contributed by atoms with Crippen LogP contribution in [0.5, 0.6) is 0 Å². The molecule has 0 saturated carbocycles. The Morgan fingerprint density at radius 3 is 2.47 bits per heavy atom. The first-order chi connectivity index (χ1) is 8.78. The summed E-state index contributed by atoms with van der Waals surface area (Å²) in [5, 5.41) is 2.04. The molecule has 0 aliphatic rings. The fourth-order valence-corrected chi connectivity index (χ4v) is 2.26. The molecule has 1 aromatic carbocycles. The summed E-state index contributed by atoms with van der Waals surface area (Å²) in [6, 6.07) is 5.41. The number of hydrogen-bond donors (Lipinski definition) is 1. The maximum Gasteiger partial charge on any atom is 0.257 e. The van der Waals surface area contributed by atoms with Crippen LogP contribution in [0, 0.1) is 0 Å². The zero-order valence-electron chi connectivity index (χ0n) is 10.4. The summed E-state index contributed by atoms with van der Waals surface area (Å²) < 4.78 is 24.8. The highest BCUT2D eigenvalue weighted by Gasteiger charge is 2.19. The van der Waals surface area contributed by atoms with Crippen LogP contribution in [0.3, 0.4) is 0 Å². The van der Waals surface area contributed by atoms with Crippen LogP contribution >= 0.6 is 11.6 Å². The third kappa shape index (κ3) is 3.76. The number of nitrogens with one attached hydrogen (secondary N) is 1. The van der Waals surface area contributed by atoms with Crippen molar-refractivity contribution in [2.24, 2.45) is 0 Å². The van der Waals surface area contributed by atoms with E-state index in [1.165, 1.54) is 38.4 Å². The minimum Gasteiger partial charge on any atom is -0.291 e. The summed E-state index contributed by atoms with van der Waals surface area (Å²) in [4.78, 5) is 22.6. The summed E-state index contributed by atoms with van der Waals surface area (Å²) in [5.41, 5.74) is 0.0707. The second-order valence-electron chi connectivity index (χ2n) is 3.83. The molecule has 0 spiro atoms. The van der Waals surface area contributed by atoms with E-state index in [0.29, 0.717) is 0 Å². The van der Waals surface area contributed by atoms with Gasteiger partial charge in [-0.05, 0) is 18.2 Å². The molecule has 8 heteroatoms. The Labute approximate surface area is 116 Å². The summed E-state index contributed by atoms with van der Waals surface area (Å²) >= 11 is 5.26. The molecule has 0 aromatic heterocycles. The lowest BCUT2D eigenvalue weighted by Crippen LogP contribution is -2.31. The number of benzene rings is 1. The van der Waals surface area contributed by atoms with Crippen LogP contribution in [0.25, 0.3) is 0 Å². The third-order valence-electron chi connectivity index (χ3n) is 2.25. The molecule has 19 heavy (non-hydrogen) atoms. The van der Waals surface area contributed by atoms with E-state index in [0.717, 1.165) is 4.31 Å². The fourth-order valence-electron chi connectivity index (χ4n) is 1.24. The highest BCUT2D eigenvalue weighted by Crippen LogP contribution is 2.14. The van der Waals surface area contributed by atoms with Gasteiger partial charge in [0.15, 0.2) is 0 Å². The van der Waals surface area contributed by atoms with Crippen LogP contribution < -0.4 is 5.32 Å². The Hall–Kier alpha value is -1.44. The Morgan fingerprint density at radius 2 is 1.95 bits per heavy atom. The monoisotopic (exact) mass is 304 g/mol. The summed E-state index contributed by atoms with van der Waals surface area (Å²) in [7, 11) is -0.849. The van der Waals surface area contributed by atoms with Gasteiger partial charge in [0, 0.05) is 19.7 Å². The molecule has 0 aliphatic carbocycles. The Morgan fingerprint density at radius 1 is 1.32 bits per heavy atom. The molecular formula is C11H13ClN2O4S. The van der Waals surface area contributed by atoms with Gasteiger partial charge in [-0.1, -0.05) is 6.07 Å². The molecule has 104 valence electrons. The highest BCUT2D eigenvalue weighted by atomic mass is 35.5. The quantitative estimate of drug-likeness (QED) is 0.818. The highest BCUT2D eigenvalue weighted by molar-refractivity contribution is 7.89. The van der Waals surface area contributed by atoms with Crippen molar-refractivity contribution in [1.82, 2.24) is 9.62 Å². The van der Waals surface area contributed by atoms with Gasteiger partial charge in [0.05, 0.1) is 4.90 Å². The van der Waals surface area contributed by atoms with Crippen molar-refractivity contribution in [2.75, 3.05) is 20.0 Å². The summed E-state index contributed by atoms with van der Waals surface area (Å²) in [5.74, 6) is -1.68. The zero-order valence-corrected chi connectivity index (χ0v) is 12.0. The maximum absolute atomic E-state index is 11.9. The topological polar surface area (TPSA) is 83.6 Å². The van der Waals surface area contributed by atoms with Crippen LogP contribution in [-0.4, -0.2) is 44.5 Å². The smallest absolute Gasteiger partial charge is 0.257 e. The molecule has 0 heterocycles. The van der Waals surface area contributed by atoms with Crippen LogP contribution in [0.4, 0.5) is 0 Å². The van der Waals surface area contributed by atoms with Gasteiger partial charge < -0.3 is 0 Å². The van der Waals surface area contributed by atoms with Crippen molar-refractivity contribution in [3.05, 3.63) is 29.8 Å². The molecule has 1 N–H and O–H groups in total. The van der Waals surface area contributed by atoms with Crippen molar-refractivity contribution < 1.29 is 18.0 Å². The van der Waals surface area contributed by atoms with Gasteiger partial charge in [0.25, 0.3) is 5.91 Å². The second-order valence-corrected chi connectivity index (χ2v) is 6.25. The largest absolute Gasteiger partial charge is 0.291 e. The molecule has 0 unspecified atom stereocenters. The molecule has 0 bridgehead atoms. The molecule has 1 aromatic rings. The minimum atomic E-state index is -3.62. The first-order valence-corrected chi connectivity index (χ1v) is 7.19. The number of rotatable bonds is 4. The Bertz CT molecular complexity index is 598. The number of amides is 2. The molecule has 2 amide bonds. The molecule has 0 aliphatic heterocycles. The lowest BCUT2D eigenvalue weighted by molar-refractivity contribution is -0.117. The molecule has 0 atom stereocenters. The van der Waals surface area contributed by atoms with Crippen LogP contribution in [0.2, 0.25) is 0 Å². The lowest BCUT2D eigenvalue weighted by Gasteiger charge is -2.12. The number of halogens is 1. The number of nitrogens with zero attached hydrogens (tertiary/aromatic N) is 1. The van der Waals surface area contributed by atoms with E-state index in [9.17, 15) is 18.0 Å². The van der Waals surface area contributed by atoms with Gasteiger partial charge >= 0.3 is 0 Å². The lowest BCUT2D eigenvalue weighted by atomic mass is 10.2. The number of alkyl halides is 1. The average molecular weight is 305 g/mol. The van der Waals surface area contributed by atoms with E-state index in [1.807, 2.05) is 5.32 Å². The molecule has 0 radical (unpaired) electrons. The number of carbonyl (C=O) groups excluding carboxylic acids is 2. The first-order valence-electron chi connectivity index (χ1n) is 5.21. The van der Waals surface area contributed by atoms with Crippen molar-refractivity contribution >= 4 is 33.4 Å². The third-order valence-corrected chi connectivity index (χ3v) is 4.30. The van der Waals surface area contributed by atoms with Gasteiger partial charge in [0.1, 0.15) is 5.88 Å². The normalized spacial score (nSPS) is 11.4. The first kappa shape index (κ1) is 15.6. The predicted octanol–water partition coefficient (Wildman–Crippen LogP) is 0.432. The molecule has 1 rings (SSSR count). The minimum absolute atomic E-state index is 0.0246. The molecular weight excluding hydrogens is 292 g/mol. The van der Waals surface area contributed by atoms with Crippen molar-refractivity contribution in [3.8, 4) is 0 Å². The van der Waals surface area contributed by atoms with E-state index < -0.39 is 21.8 Å². The van der Waals surface area contributed by atoms with E-state index in [-0.39, 0.29) is 16.3 Å². The van der Waals surface area contributed by atoms with E-state index in [4.69, 9.17) is 11.6 Å². The molecule has 0 fully saturated rings. The standard InChI is InChI=1S/C11H13ClN2O4S/c1-14(2)19(17,18)9-5-3-4-8(6-9)11(16)13-10(15)7-12/h3-6H,7H2,1-2H3,(H,13,15,16). The summed E-state index contributed by atoms with van der Waals surface area (Å²) in [6.07, 6.45) is 0. The number of carbonyl (C=O) groups is 2. The number of imide groups is 1. The Kier molecular flexibility index (Phi) is 5.04. The Balaban J connectivity index is 3.08. The average Bonchev–Trinajstić information content (AvgIpc) is 2.38. The fraction of sp³-hybridized carbons (Fsp3) is 0.273. The van der Waals surface area contributed by atoms with E-state index in [1.54, 1.807) is 0 Å². The van der Waals surface area contributed by atoms with Crippen LogP contribution in [0.1, 0.15) is 10.4 Å². The number of sulfonamides is 1. The van der Waals surface area contributed by atoms with Gasteiger partial charge in [0.2, 0.25) is 15.9 Å². The van der Waals surface area contributed by atoms with Gasteiger partial charge in [-0.25, -0.2) is 12.7 Å². The second kappa shape index (κ2) is 6.14. The maximum atomic E-state index is 11.9. The molecule has 6 nitrogen and oxygen atoms in total. The van der Waals surface area contributed by atoms with Crippen molar-refractivity contribution in [2.45, 2.75) is 4.90 Å². The van der Waals surface area contributed by atoms with Crippen LogP contribution in [-0.2, 0) is 14.8 Å². The van der Waals surface area contributed by atoms with E-state index in [2.05, 4.69) is 0 Å². The van der Waals surface area contributed by atoms with E-state index >= 15 is 0 Å². The molecule has 0 saturated heterocycles. The predicted molar refractivity (Wildman–Crippen MR) is 70.5 cm³/mol. The number of hydrogen-bond acceptors (Lipinski definition) is 4. The van der Waals surface area contributed by atoms with Crippen molar-refractivity contribution in [3.63, 3.8) is 0 Å². The SMILES string of the molecule is CN(C)S(=O)(=O)c1cccc(C(=O)NC(=O)CCl)c1. The summed E-state index contributed by atoms with van der Waals surface area (Å²) in [6.45, 7) is 0. The van der Waals surface area contributed by atoms with Gasteiger partial charge in [-0.2, -0.15) is 0 Å². The van der Waals surface area contributed by atoms with Crippen LogP contribution in [0.15, 0.2) is 29.2 Å². The van der Waals surface area contributed by atoms with Gasteiger partial charge in [-0.15, -0.1) is 11.6 Å². The van der Waals surface area contributed by atoms with Crippen molar-refractivity contribution in [1.29, 1.82) is 0 Å². The van der Waals surface area contributed by atoms with Gasteiger partial charge in [-0.3, -0.25) is 14.9 Å². The zero-order chi connectivity index (χ0) is 14.6.